The van der Waals surface area contributed by atoms with E-state index in [0.29, 0.717) is 6.07 Å². The van der Waals surface area contributed by atoms with E-state index in [0.717, 1.165) is 17.2 Å². The molecule has 2 N–H and O–H groups in total. The topological polar surface area (TPSA) is 84.5 Å². The predicted octanol–water partition coefficient (Wildman–Crippen LogP) is 4.07. The molecule has 3 aromatic carbocycles. The van der Waals surface area contributed by atoms with Gasteiger partial charge in [-0.3, -0.25) is 9.59 Å². The molecule has 6 nitrogen and oxygen atoms in total. The molecule has 0 aliphatic carbocycles. The number of ether oxygens (including phenoxy) is 1. The maximum Gasteiger partial charge on any atom is 0.338 e. The molecule has 1 unspecified atom stereocenters. The fraction of sp³-hybridized carbons (Fsp3) is 0.125. The zero-order chi connectivity index (χ0) is 24.0. The summed E-state index contributed by atoms with van der Waals surface area (Å²) >= 11 is 0. The lowest BCUT2D eigenvalue weighted by atomic mass is 10.0. The summed E-state index contributed by atoms with van der Waals surface area (Å²) in [6.45, 7) is 0.712. The second kappa shape index (κ2) is 10.4. The second-order valence-electron chi connectivity index (χ2n) is 6.98. The van der Waals surface area contributed by atoms with Crippen molar-refractivity contribution in [1.29, 1.82) is 0 Å². The number of esters is 1. The molecule has 0 heterocycles. The van der Waals surface area contributed by atoms with E-state index in [1.807, 2.05) is 35.6 Å². The molecule has 2 amide bonds. The third-order valence-corrected chi connectivity index (χ3v) is 4.61. The lowest BCUT2D eigenvalue weighted by Gasteiger charge is -2.14. The van der Waals surface area contributed by atoms with Crippen LogP contribution in [0.4, 0.5) is 18.9 Å². The highest BCUT2D eigenvalue weighted by Crippen LogP contribution is 2.20. The van der Waals surface area contributed by atoms with Gasteiger partial charge in [0.1, 0.15) is 0 Å². The molecule has 170 valence electrons. The number of hydrogen-bond donors (Lipinski definition) is 2. The first-order chi connectivity index (χ1) is 15.8. The lowest BCUT2D eigenvalue weighted by Crippen LogP contribution is -2.40. The van der Waals surface area contributed by atoms with Gasteiger partial charge in [-0.05, 0) is 42.3 Å². The molecular formula is C24H19F3N2O4. The van der Waals surface area contributed by atoms with E-state index in [9.17, 15) is 27.6 Å². The van der Waals surface area contributed by atoms with Gasteiger partial charge in [0.05, 0.1) is 17.8 Å². The molecule has 9 heteroatoms. The fourth-order valence-electron chi connectivity index (χ4n) is 2.84. The molecule has 0 saturated heterocycles. The first-order valence-corrected chi connectivity index (χ1v) is 9.84. The van der Waals surface area contributed by atoms with Gasteiger partial charge in [-0.15, -0.1) is 0 Å². The van der Waals surface area contributed by atoms with E-state index in [4.69, 9.17) is 4.74 Å². The average molecular weight is 456 g/mol. The number of halogens is 3. The summed E-state index contributed by atoms with van der Waals surface area (Å²) in [7, 11) is 0. The molecule has 33 heavy (non-hydrogen) atoms. The zero-order valence-electron chi connectivity index (χ0n) is 17.4. The maximum absolute atomic E-state index is 13.6. The van der Waals surface area contributed by atoms with Gasteiger partial charge in [-0.25, -0.2) is 18.0 Å². The van der Waals surface area contributed by atoms with Crippen LogP contribution in [0.15, 0.2) is 66.7 Å². The Bertz CT molecular complexity index is 1170. The minimum absolute atomic E-state index is 0.237. The quantitative estimate of drug-likeness (QED) is 0.415. The van der Waals surface area contributed by atoms with Gasteiger partial charge in [0.15, 0.2) is 23.6 Å². The molecule has 0 bridgehead atoms. The summed E-state index contributed by atoms with van der Waals surface area (Å²) in [4.78, 5) is 36.3. The Morgan fingerprint density at radius 3 is 2.15 bits per heavy atom. The van der Waals surface area contributed by atoms with Crippen LogP contribution in [-0.2, 0) is 14.3 Å². The first-order valence-electron chi connectivity index (χ1n) is 9.84. The summed E-state index contributed by atoms with van der Waals surface area (Å²) in [5.74, 6) is -7.08. The van der Waals surface area contributed by atoms with Crippen LogP contribution in [0, 0.1) is 17.5 Å². The number of amides is 2. The van der Waals surface area contributed by atoms with Crippen LogP contribution in [-0.4, -0.2) is 30.4 Å². The number of rotatable bonds is 7. The van der Waals surface area contributed by atoms with Crippen molar-refractivity contribution < 1.29 is 32.3 Å². The number of carbonyl (C=O) groups is 3. The Morgan fingerprint density at radius 1 is 0.848 bits per heavy atom. The highest BCUT2D eigenvalue weighted by Gasteiger charge is 2.20. The Labute approximate surface area is 187 Å². The van der Waals surface area contributed by atoms with Crippen LogP contribution in [0.2, 0.25) is 0 Å². The highest BCUT2D eigenvalue weighted by atomic mass is 19.2. The van der Waals surface area contributed by atoms with Crippen molar-refractivity contribution >= 4 is 23.5 Å². The third-order valence-electron chi connectivity index (χ3n) is 4.61. The van der Waals surface area contributed by atoms with Crippen LogP contribution >= 0.6 is 0 Å². The second-order valence-corrected chi connectivity index (χ2v) is 6.98. The van der Waals surface area contributed by atoms with Crippen molar-refractivity contribution in [2.45, 2.75) is 13.0 Å². The Hall–Kier alpha value is -4.14. The minimum atomic E-state index is -1.73. The number of anilines is 1. The number of carbonyl (C=O) groups excluding carboxylic acids is 3. The van der Waals surface area contributed by atoms with Crippen LogP contribution in [0.1, 0.15) is 17.3 Å². The zero-order valence-corrected chi connectivity index (χ0v) is 17.4. The van der Waals surface area contributed by atoms with Gasteiger partial charge in [0, 0.05) is 0 Å². The van der Waals surface area contributed by atoms with Crippen molar-refractivity contribution in [2.24, 2.45) is 0 Å². The van der Waals surface area contributed by atoms with Gasteiger partial charge < -0.3 is 15.4 Å². The first kappa shape index (κ1) is 23.5. The highest BCUT2D eigenvalue weighted by molar-refractivity contribution is 5.96. The molecule has 1 atom stereocenters. The molecule has 0 aromatic heterocycles. The Kier molecular flexibility index (Phi) is 7.45. The summed E-state index contributed by atoms with van der Waals surface area (Å²) in [6, 6.07) is 17.7. The minimum Gasteiger partial charge on any atom is -0.449 e. The van der Waals surface area contributed by atoms with E-state index in [-0.39, 0.29) is 5.56 Å². The molecular weight excluding hydrogens is 437 g/mol. The van der Waals surface area contributed by atoms with E-state index < -0.39 is 53.6 Å². The van der Waals surface area contributed by atoms with Crippen molar-refractivity contribution in [3.63, 3.8) is 0 Å². The average Bonchev–Trinajstić information content (AvgIpc) is 2.83. The fourth-order valence-corrected chi connectivity index (χ4v) is 2.84. The van der Waals surface area contributed by atoms with E-state index >= 15 is 0 Å². The monoisotopic (exact) mass is 456 g/mol. The van der Waals surface area contributed by atoms with Gasteiger partial charge in [0.2, 0.25) is 5.91 Å². The number of hydrogen-bond acceptors (Lipinski definition) is 4. The number of benzene rings is 3. The molecule has 0 radical (unpaired) electrons. The third kappa shape index (κ3) is 5.97. The van der Waals surface area contributed by atoms with E-state index in [1.165, 1.54) is 6.92 Å². The maximum atomic E-state index is 13.6. The largest absolute Gasteiger partial charge is 0.449 e. The van der Waals surface area contributed by atoms with Gasteiger partial charge in [0.25, 0.3) is 5.91 Å². The Morgan fingerprint density at radius 2 is 1.48 bits per heavy atom. The molecule has 0 saturated carbocycles. The predicted molar refractivity (Wildman–Crippen MR) is 115 cm³/mol. The summed E-state index contributed by atoms with van der Waals surface area (Å²) in [6.07, 6.45) is -1.22. The molecule has 3 rings (SSSR count). The summed E-state index contributed by atoms with van der Waals surface area (Å²) in [5, 5.41) is 4.23. The van der Waals surface area contributed by atoms with Gasteiger partial charge in [-0.1, -0.05) is 42.5 Å². The Balaban J connectivity index is 1.50. The molecule has 0 aliphatic rings. The van der Waals surface area contributed by atoms with Crippen molar-refractivity contribution in [2.75, 3.05) is 11.9 Å². The van der Waals surface area contributed by atoms with Crippen LogP contribution in [0.25, 0.3) is 11.1 Å². The molecule has 0 spiro atoms. The molecule has 3 aromatic rings. The lowest BCUT2D eigenvalue weighted by molar-refractivity contribution is -0.130. The smallest absolute Gasteiger partial charge is 0.338 e. The SMILES string of the molecule is CC(OC(=O)c1ccc(-c2ccccc2)cc1)C(=O)NCC(=O)Nc1ccc(F)c(F)c1F. The number of nitrogens with one attached hydrogen (secondary N) is 2. The summed E-state index contributed by atoms with van der Waals surface area (Å²) in [5.41, 5.74) is 1.54. The summed E-state index contributed by atoms with van der Waals surface area (Å²) < 4.78 is 44.9. The van der Waals surface area contributed by atoms with E-state index in [2.05, 4.69) is 5.32 Å². The normalized spacial score (nSPS) is 11.4. The molecule has 0 aliphatic heterocycles. The van der Waals surface area contributed by atoms with Gasteiger partial charge in [-0.2, -0.15) is 0 Å². The van der Waals surface area contributed by atoms with Crippen molar-refractivity contribution in [3.05, 3.63) is 89.7 Å². The van der Waals surface area contributed by atoms with Crippen molar-refractivity contribution in [3.8, 4) is 11.1 Å². The standard InChI is InChI=1S/C24H19F3N2O4/c1-14(23(31)28-13-20(30)29-19-12-11-18(25)21(26)22(19)27)33-24(32)17-9-7-16(8-10-17)15-5-3-2-4-6-15/h2-12,14H,13H2,1H3,(H,28,31)(H,29,30). The van der Waals surface area contributed by atoms with Crippen molar-refractivity contribution in [1.82, 2.24) is 5.32 Å². The van der Waals surface area contributed by atoms with Crippen LogP contribution in [0.3, 0.4) is 0 Å². The van der Waals surface area contributed by atoms with Crippen LogP contribution < -0.4 is 10.6 Å². The van der Waals surface area contributed by atoms with Crippen LogP contribution in [0.5, 0.6) is 0 Å². The van der Waals surface area contributed by atoms with Gasteiger partial charge >= 0.3 is 5.97 Å². The van der Waals surface area contributed by atoms with E-state index in [1.54, 1.807) is 24.3 Å². The molecule has 0 fully saturated rings.